The molecule has 0 N–H and O–H groups in total. The van der Waals surface area contributed by atoms with Gasteiger partial charge in [-0.25, -0.2) is 0 Å². The van der Waals surface area contributed by atoms with E-state index in [4.69, 9.17) is 0 Å². The van der Waals surface area contributed by atoms with E-state index in [9.17, 15) is 4.79 Å². The van der Waals surface area contributed by atoms with Gasteiger partial charge in [0.1, 0.15) is 5.78 Å². The molecule has 0 spiro atoms. The zero-order valence-electron chi connectivity index (χ0n) is 10.4. The Morgan fingerprint density at radius 1 is 1.27 bits per heavy atom. The van der Waals surface area contributed by atoms with Crippen molar-refractivity contribution in [3.63, 3.8) is 0 Å². The molecule has 0 heterocycles. The molecular formula is C14H24O. The van der Waals surface area contributed by atoms with Gasteiger partial charge < -0.3 is 0 Å². The van der Waals surface area contributed by atoms with Gasteiger partial charge in [-0.1, -0.05) is 26.7 Å². The molecule has 4 atom stereocenters. The maximum Gasteiger partial charge on any atom is 0.132 e. The molecule has 1 heteroatoms. The topological polar surface area (TPSA) is 17.1 Å². The number of carbonyl (C=O) groups excluding carboxylic acids is 1. The molecule has 2 aliphatic carbocycles. The first-order valence-electron chi connectivity index (χ1n) is 6.53. The summed E-state index contributed by atoms with van der Waals surface area (Å²) in [5.41, 5.74) is 0.559. The highest BCUT2D eigenvalue weighted by Gasteiger charge is 2.44. The van der Waals surface area contributed by atoms with Gasteiger partial charge in [0.2, 0.25) is 0 Å². The average molecular weight is 208 g/mol. The van der Waals surface area contributed by atoms with Crippen molar-refractivity contribution in [2.75, 3.05) is 0 Å². The first-order valence-corrected chi connectivity index (χ1v) is 6.53. The number of carbonyl (C=O) groups is 1. The Hall–Kier alpha value is -0.330. The monoisotopic (exact) mass is 208 g/mol. The lowest BCUT2D eigenvalue weighted by Crippen LogP contribution is -2.42. The molecule has 2 aliphatic rings. The van der Waals surface area contributed by atoms with E-state index in [0.29, 0.717) is 17.1 Å². The number of fused-ring (bicyclic) bond motifs is 1. The van der Waals surface area contributed by atoms with Crippen LogP contribution in [0.1, 0.15) is 59.3 Å². The molecule has 0 aromatic carbocycles. The van der Waals surface area contributed by atoms with Gasteiger partial charge in [-0.15, -0.1) is 0 Å². The molecule has 15 heavy (non-hydrogen) atoms. The molecule has 0 aliphatic heterocycles. The zero-order valence-corrected chi connectivity index (χ0v) is 10.4. The maximum absolute atomic E-state index is 11.5. The minimum absolute atomic E-state index is 0.378. The first-order chi connectivity index (χ1) is 7.03. The molecule has 2 fully saturated rings. The van der Waals surface area contributed by atoms with E-state index in [1.165, 1.54) is 32.1 Å². The number of rotatable bonds is 1. The standard InChI is InChI=1S/C14H24O/c1-10-5-4-7-14(3)8-6-12(11(2)15)9-13(10)14/h10,12-13H,4-9H2,1-3H3/t10-,12-,13+,14-/m1/s1. The molecule has 0 amide bonds. The van der Waals surface area contributed by atoms with E-state index >= 15 is 0 Å². The van der Waals surface area contributed by atoms with Crippen molar-refractivity contribution in [2.24, 2.45) is 23.2 Å². The van der Waals surface area contributed by atoms with E-state index in [0.717, 1.165) is 18.3 Å². The quantitative estimate of drug-likeness (QED) is 0.640. The number of Topliss-reactive ketones (excluding diaryl/α,β-unsaturated/α-hetero) is 1. The van der Waals surface area contributed by atoms with Crippen LogP contribution in [0.15, 0.2) is 0 Å². The van der Waals surface area contributed by atoms with Crippen LogP contribution in [-0.2, 0) is 4.79 Å². The SMILES string of the molecule is CC(=O)[C@@H]1CC[C@@]2(C)CCC[C@@H](C)[C@@H]2C1. The number of hydrogen-bond donors (Lipinski definition) is 0. The van der Waals surface area contributed by atoms with E-state index in [1.54, 1.807) is 6.92 Å². The lowest BCUT2D eigenvalue weighted by atomic mass is 9.55. The zero-order chi connectivity index (χ0) is 11.1. The van der Waals surface area contributed by atoms with Crippen LogP contribution in [0.25, 0.3) is 0 Å². The predicted octanol–water partition coefficient (Wildman–Crippen LogP) is 3.82. The Morgan fingerprint density at radius 2 is 2.00 bits per heavy atom. The van der Waals surface area contributed by atoms with Crippen molar-refractivity contribution >= 4 is 5.78 Å². The highest BCUT2D eigenvalue weighted by Crippen LogP contribution is 2.53. The van der Waals surface area contributed by atoms with Crippen LogP contribution in [-0.4, -0.2) is 5.78 Å². The Morgan fingerprint density at radius 3 is 2.67 bits per heavy atom. The molecule has 2 rings (SSSR count). The normalized spacial score (nSPS) is 45.9. The number of hydrogen-bond acceptors (Lipinski definition) is 1. The van der Waals surface area contributed by atoms with E-state index in [2.05, 4.69) is 13.8 Å². The summed E-state index contributed by atoms with van der Waals surface area (Å²) in [6.45, 7) is 6.63. The molecule has 86 valence electrons. The minimum Gasteiger partial charge on any atom is -0.300 e. The second-order valence-corrected chi connectivity index (χ2v) is 6.21. The Kier molecular flexibility index (Phi) is 2.92. The average Bonchev–Trinajstić information content (AvgIpc) is 2.17. The summed E-state index contributed by atoms with van der Waals surface area (Å²) < 4.78 is 0. The van der Waals surface area contributed by atoms with Gasteiger partial charge in [0, 0.05) is 5.92 Å². The molecular weight excluding hydrogens is 184 g/mol. The maximum atomic E-state index is 11.5. The van der Waals surface area contributed by atoms with Crippen molar-refractivity contribution in [3.05, 3.63) is 0 Å². The van der Waals surface area contributed by atoms with Crippen LogP contribution in [0.2, 0.25) is 0 Å². The van der Waals surface area contributed by atoms with Gasteiger partial charge in [-0.05, 0) is 49.9 Å². The van der Waals surface area contributed by atoms with Crippen LogP contribution in [0.4, 0.5) is 0 Å². The molecule has 0 unspecified atom stereocenters. The summed E-state index contributed by atoms with van der Waals surface area (Å²) in [5.74, 6) is 2.46. The fourth-order valence-electron chi connectivity index (χ4n) is 4.03. The lowest BCUT2D eigenvalue weighted by Gasteiger charge is -2.50. The number of ketones is 1. The third-order valence-electron chi connectivity index (χ3n) is 5.17. The van der Waals surface area contributed by atoms with E-state index in [-0.39, 0.29) is 0 Å². The Labute approximate surface area is 93.6 Å². The molecule has 0 aromatic rings. The summed E-state index contributed by atoms with van der Waals surface area (Å²) >= 11 is 0. The van der Waals surface area contributed by atoms with E-state index in [1.807, 2.05) is 0 Å². The second kappa shape index (κ2) is 3.92. The highest BCUT2D eigenvalue weighted by atomic mass is 16.1. The summed E-state index contributed by atoms with van der Waals surface area (Å²) in [5, 5.41) is 0. The summed E-state index contributed by atoms with van der Waals surface area (Å²) in [7, 11) is 0. The van der Waals surface area contributed by atoms with Gasteiger partial charge in [0.25, 0.3) is 0 Å². The summed E-state index contributed by atoms with van der Waals surface area (Å²) in [6.07, 6.45) is 7.78. The Bertz CT molecular complexity index is 258. The van der Waals surface area contributed by atoms with Crippen molar-refractivity contribution in [1.82, 2.24) is 0 Å². The summed E-state index contributed by atoms with van der Waals surface area (Å²) in [6, 6.07) is 0. The molecule has 0 saturated heterocycles. The van der Waals surface area contributed by atoms with Gasteiger partial charge in [0.15, 0.2) is 0 Å². The van der Waals surface area contributed by atoms with Gasteiger partial charge in [-0.3, -0.25) is 4.79 Å². The van der Waals surface area contributed by atoms with Crippen LogP contribution < -0.4 is 0 Å². The van der Waals surface area contributed by atoms with Crippen molar-refractivity contribution < 1.29 is 4.79 Å². The predicted molar refractivity (Wildman–Crippen MR) is 62.6 cm³/mol. The van der Waals surface area contributed by atoms with Crippen LogP contribution in [0.5, 0.6) is 0 Å². The first kappa shape index (κ1) is 11.2. The fourth-order valence-corrected chi connectivity index (χ4v) is 4.03. The van der Waals surface area contributed by atoms with Crippen LogP contribution >= 0.6 is 0 Å². The van der Waals surface area contributed by atoms with Gasteiger partial charge in [-0.2, -0.15) is 0 Å². The third kappa shape index (κ3) is 1.98. The minimum atomic E-state index is 0.378. The summed E-state index contributed by atoms with van der Waals surface area (Å²) in [4.78, 5) is 11.5. The van der Waals surface area contributed by atoms with Gasteiger partial charge >= 0.3 is 0 Å². The second-order valence-electron chi connectivity index (χ2n) is 6.21. The Balaban J connectivity index is 2.12. The molecule has 0 radical (unpaired) electrons. The van der Waals surface area contributed by atoms with Crippen LogP contribution in [0.3, 0.4) is 0 Å². The van der Waals surface area contributed by atoms with Crippen molar-refractivity contribution in [3.8, 4) is 0 Å². The lowest BCUT2D eigenvalue weighted by molar-refractivity contribution is -0.124. The van der Waals surface area contributed by atoms with Crippen molar-refractivity contribution in [1.29, 1.82) is 0 Å². The third-order valence-corrected chi connectivity index (χ3v) is 5.17. The molecule has 0 bridgehead atoms. The molecule has 0 aromatic heterocycles. The van der Waals surface area contributed by atoms with E-state index < -0.39 is 0 Å². The smallest absolute Gasteiger partial charge is 0.132 e. The van der Waals surface area contributed by atoms with Crippen molar-refractivity contribution in [2.45, 2.75) is 59.3 Å². The highest BCUT2D eigenvalue weighted by molar-refractivity contribution is 5.78. The largest absolute Gasteiger partial charge is 0.300 e. The molecule has 1 nitrogen and oxygen atoms in total. The van der Waals surface area contributed by atoms with Gasteiger partial charge in [0.05, 0.1) is 0 Å². The van der Waals surface area contributed by atoms with Crippen LogP contribution in [0, 0.1) is 23.2 Å². The fraction of sp³-hybridized carbons (Fsp3) is 0.929. The molecule has 2 saturated carbocycles.